The van der Waals surface area contributed by atoms with E-state index in [4.69, 9.17) is 0 Å². The zero-order valence-electron chi connectivity index (χ0n) is 24.5. The number of rotatable bonds is 4. The topological polar surface area (TPSA) is 13.0 Å². The predicted molar refractivity (Wildman–Crippen MR) is 173 cm³/mol. The normalized spacial score (nSPS) is 15.3. The van der Waals surface area contributed by atoms with E-state index < -0.39 is 0 Å². The highest BCUT2D eigenvalue weighted by molar-refractivity contribution is 7.29. The van der Waals surface area contributed by atoms with Crippen LogP contribution in [-0.2, 0) is 0 Å². The van der Waals surface area contributed by atoms with Gasteiger partial charge in [-0.2, -0.15) is 0 Å². The maximum atomic E-state index is 2.58. The van der Waals surface area contributed by atoms with Crippen LogP contribution in [0.15, 0.2) is 72.8 Å². The van der Waals surface area contributed by atoms with Crippen LogP contribution in [0.4, 0.5) is 22.7 Å². The average molecular weight is 537 g/mol. The molecule has 1 aromatic heterocycles. The molecule has 0 bridgehead atoms. The van der Waals surface area contributed by atoms with Crippen molar-refractivity contribution in [2.75, 3.05) is 19.6 Å². The maximum absolute atomic E-state index is 2.58. The third kappa shape index (κ3) is 3.87. The second kappa shape index (κ2) is 9.68. The molecule has 3 heterocycles. The molecule has 5 heteroatoms. The summed E-state index contributed by atoms with van der Waals surface area (Å²) in [6.07, 6.45) is 0. The van der Waals surface area contributed by atoms with Crippen molar-refractivity contribution >= 4 is 53.4 Å². The molecule has 0 spiro atoms. The summed E-state index contributed by atoms with van der Waals surface area (Å²) in [7, 11) is 0.559. The summed E-state index contributed by atoms with van der Waals surface area (Å²) in [5.41, 5.74) is 5.25. The molecule has 4 nitrogen and oxygen atoms in total. The first-order chi connectivity index (χ1) is 18.7. The van der Waals surface area contributed by atoms with Gasteiger partial charge in [-0.25, -0.2) is 0 Å². The summed E-state index contributed by atoms with van der Waals surface area (Å²) >= 11 is 0. The molecule has 0 saturated carbocycles. The van der Waals surface area contributed by atoms with Crippen molar-refractivity contribution < 1.29 is 0 Å². The minimum atomic E-state index is 0.348. The van der Waals surface area contributed by atoms with Gasteiger partial charge in [-0.15, -0.1) is 8.19 Å². The fourth-order valence-electron chi connectivity index (χ4n) is 6.54. The third-order valence-corrected chi connectivity index (χ3v) is 9.43. The summed E-state index contributed by atoms with van der Waals surface area (Å²) in [4.78, 5) is 13.2. The molecule has 0 unspecified atom stereocenters. The SMILES string of the molecule is CC(C)N1C(=c2[pH]c(=C3N(C(C)C)c4ccccc4N3C(C)C)c3ccccc23)N(C(C)C)c2ccccc21. The second-order valence-corrected chi connectivity index (χ2v) is 13.2. The van der Waals surface area contributed by atoms with Crippen LogP contribution >= 0.6 is 8.19 Å². The van der Waals surface area contributed by atoms with Crippen molar-refractivity contribution in [2.24, 2.45) is 0 Å². The minimum Gasteiger partial charge on any atom is -0.323 e. The highest BCUT2D eigenvalue weighted by atomic mass is 31.0. The summed E-state index contributed by atoms with van der Waals surface area (Å²) in [6, 6.07) is 28.4. The van der Waals surface area contributed by atoms with E-state index in [1.807, 2.05) is 0 Å². The lowest BCUT2D eigenvalue weighted by atomic mass is 10.1. The Morgan fingerprint density at radius 3 is 0.923 bits per heavy atom. The molecule has 0 N–H and O–H groups in total. The zero-order chi connectivity index (χ0) is 27.6. The quantitative estimate of drug-likeness (QED) is 0.272. The van der Waals surface area contributed by atoms with Gasteiger partial charge in [-0.1, -0.05) is 48.5 Å². The lowest BCUT2D eigenvalue weighted by molar-refractivity contribution is 0.756. The highest BCUT2D eigenvalue weighted by Gasteiger charge is 2.37. The van der Waals surface area contributed by atoms with E-state index in [1.165, 1.54) is 55.1 Å². The summed E-state index contributed by atoms with van der Waals surface area (Å²) in [5, 5.41) is 2.75. The molecule has 0 fully saturated rings. The van der Waals surface area contributed by atoms with Crippen LogP contribution in [0.5, 0.6) is 0 Å². The van der Waals surface area contributed by atoms with E-state index in [1.54, 1.807) is 0 Å². The monoisotopic (exact) mass is 536 g/mol. The van der Waals surface area contributed by atoms with Crippen molar-refractivity contribution in [3.05, 3.63) is 82.7 Å². The van der Waals surface area contributed by atoms with Gasteiger partial charge in [0.25, 0.3) is 0 Å². The molecule has 6 rings (SSSR count). The predicted octanol–water partition coefficient (Wildman–Crippen LogP) is 7.29. The number of hydrogen-bond donors (Lipinski definition) is 0. The van der Waals surface area contributed by atoms with Crippen molar-refractivity contribution in [3.8, 4) is 0 Å². The maximum Gasteiger partial charge on any atom is 0.125 e. The van der Waals surface area contributed by atoms with Gasteiger partial charge in [-0.3, -0.25) is 0 Å². The highest BCUT2D eigenvalue weighted by Crippen LogP contribution is 2.46. The Morgan fingerprint density at radius 2 is 0.667 bits per heavy atom. The van der Waals surface area contributed by atoms with Gasteiger partial charge < -0.3 is 19.6 Å². The largest absolute Gasteiger partial charge is 0.323 e. The van der Waals surface area contributed by atoms with Gasteiger partial charge in [0.15, 0.2) is 0 Å². The first kappa shape index (κ1) is 25.9. The Morgan fingerprint density at radius 1 is 0.410 bits per heavy atom. The van der Waals surface area contributed by atoms with Crippen molar-refractivity contribution in [3.63, 3.8) is 0 Å². The van der Waals surface area contributed by atoms with Gasteiger partial charge in [-0.05, 0) is 90.4 Å². The van der Waals surface area contributed by atoms with E-state index >= 15 is 0 Å². The van der Waals surface area contributed by atoms with Crippen LogP contribution in [0.2, 0.25) is 0 Å². The molecule has 2 aliphatic heterocycles. The molecule has 0 atom stereocenters. The van der Waals surface area contributed by atoms with Gasteiger partial charge >= 0.3 is 0 Å². The van der Waals surface area contributed by atoms with Gasteiger partial charge in [0.1, 0.15) is 11.6 Å². The Labute approximate surface area is 234 Å². The molecule has 3 aromatic carbocycles. The standard InChI is InChI=1S/C34H41N4P/c1-21(2)35-27-17-11-12-18-28(27)36(22(3)4)33(35)31-25-15-9-10-16-26(25)32(39-31)34-37(23(5)6)29-19-13-14-20-30(29)38(34)24(7)8/h9-24,39H,1-8H3. The van der Waals surface area contributed by atoms with E-state index in [2.05, 4.69) is 148 Å². The third-order valence-electron chi connectivity index (χ3n) is 7.94. The number of hydrogen-bond acceptors (Lipinski definition) is 4. The van der Waals surface area contributed by atoms with E-state index in [0.717, 1.165) is 0 Å². The molecule has 0 aliphatic carbocycles. The van der Waals surface area contributed by atoms with Crippen LogP contribution in [0.25, 0.3) is 22.4 Å². The van der Waals surface area contributed by atoms with Crippen molar-refractivity contribution in [1.29, 1.82) is 0 Å². The van der Waals surface area contributed by atoms with Crippen molar-refractivity contribution in [2.45, 2.75) is 79.6 Å². The zero-order valence-corrected chi connectivity index (χ0v) is 25.5. The number of para-hydroxylation sites is 4. The molecule has 0 radical (unpaired) electrons. The number of anilines is 4. The fraction of sp³-hybridized carbons (Fsp3) is 0.353. The average Bonchev–Trinajstić information content (AvgIpc) is 3.55. The van der Waals surface area contributed by atoms with Crippen molar-refractivity contribution in [1.82, 2.24) is 0 Å². The number of benzene rings is 3. The Balaban J connectivity index is 1.78. The van der Waals surface area contributed by atoms with E-state index in [0.29, 0.717) is 32.4 Å². The Hall–Kier alpha value is -3.36. The van der Waals surface area contributed by atoms with Crippen LogP contribution in [0.3, 0.4) is 0 Å². The van der Waals surface area contributed by atoms with Crippen LogP contribution in [0, 0.1) is 0 Å². The molecule has 202 valence electrons. The van der Waals surface area contributed by atoms with Gasteiger partial charge in [0.2, 0.25) is 0 Å². The second-order valence-electron chi connectivity index (χ2n) is 11.9. The Kier molecular flexibility index (Phi) is 6.43. The van der Waals surface area contributed by atoms with Gasteiger partial charge in [0, 0.05) is 34.1 Å². The lowest BCUT2D eigenvalue weighted by Crippen LogP contribution is -2.39. The number of fused-ring (bicyclic) bond motifs is 3. The molecule has 39 heavy (non-hydrogen) atoms. The molecule has 2 aliphatic rings. The molecule has 0 amide bonds. The van der Waals surface area contributed by atoms with Crippen LogP contribution in [-0.4, -0.2) is 24.2 Å². The minimum absolute atomic E-state index is 0.348. The molecule has 0 saturated heterocycles. The van der Waals surface area contributed by atoms with Gasteiger partial charge in [0.05, 0.1) is 22.7 Å². The van der Waals surface area contributed by atoms with Crippen LogP contribution in [0.1, 0.15) is 55.4 Å². The first-order valence-corrected chi connectivity index (χ1v) is 15.4. The molecular formula is C34H41N4P. The van der Waals surface area contributed by atoms with E-state index in [-0.39, 0.29) is 0 Å². The Bertz CT molecular complexity index is 1470. The fourth-order valence-corrected chi connectivity index (χ4v) is 8.20. The summed E-state index contributed by atoms with van der Waals surface area (Å²) < 4.78 is 0. The molecule has 4 aromatic rings. The lowest BCUT2D eigenvalue weighted by Gasteiger charge is -2.31. The number of nitrogens with zero attached hydrogens (tertiary/aromatic N) is 4. The van der Waals surface area contributed by atoms with E-state index in [9.17, 15) is 0 Å². The van der Waals surface area contributed by atoms with Crippen LogP contribution < -0.4 is 29.5 Å². The summed E-state index contributed by atoms with van der Waals surface area (Å²) in [5.74, 6) is 2.70. The first-order valence-electron chi connectivity index (χ1n) is 14.4. The smallest absolute Gasteiger partial charge is 0.125 e. The summed E-state index contributed by atoms with van der Waals surface area (Å²) in [6.45, 7) is 18.5. The molecular weight excluding hydrogens is 495 g/mol.